The highest BCUT2D eigenvalue weighted by Gasteiger charge is 2.45. The van der Waals surface area contributed by atoms with Crippen LogP contribution >= 0.6 is 0 Å². The maximum atomic E-state index is 13.3. The van der Waals surface area contributed by atoms with E-state index >= 15 is 0 Å². The average molecular weight is 288 g/mol. The van der Waals surface area contributed by atoms with E-state index in [1.54, 1.807) is 12.1 Å². The van der Waals surface area contributed by atoms with Crippen molar-refractivity contribution in [1.82, 2.24) is 9.80 Å². The summed E-state index contributed by atoms with van der Waals surface area (Å²) in [4.78, 5) is 17.2. The Hall–Kier alpha value is -1.42. The predicted octanol–water partition coefficient (Wildman–Crippen LogP) is 2.52. The molecule has 21 heavy (non-hydrogen) atoms. The highest BCUT2D eigenvalue weighted by atomic mass is 19.1. The van der Waals surface area contributed by atoms with Crippen LogP contribution in [0.3, 0.4) is 0 Å². The third-order valence-electron chi connectivity index (χ3n) is 5.21. The minimum atomic E-state index is -0.335. The van der Waals surface area contributed by atoms with Gasteiger partial charge in [-0.1, -0.05) is 6.07 Å². The maximum absolute atomic E-state index is 13.3. The third-order valence-corrected chi connectivity index (χ3v) is 5.21. The van der Waals surface area contributed by atoms with E-state index in [4.69, 9.17) is 0 Å². The normalized spacial score (nSPS) is 28.9. The van der Waals surface area contributed by atoms with Crippen molar-refractivity contribution in [3.8, 4) is 0 Å². The Morgan fingerprint density at radius 3 is 2.71 bits per heavy atom. The van der Waals surface area contributed by atoms with Gasteiger partial charge in [0.2, 0.25) is 0 Å². The summed E-state index contributed by atoms with van der Waals surface area (Å²) in [6, 6.07) is 6.94. The molecule has 0 aromatic heterocycles. The lowest BCUT2D eigenvalue weighted by Crippen LogP contribution is -2.40. The zero-order chi connectivity index (χ0) is 14.4. The van der Waals surface area contributed by atoms with Gasteiger partial charge in [0.15, 0.2) is 0 Å². The van der Waals surface area contributed by atoms with Crippen molar-refractivity contribution in [2.24, 2.45) is 5.92 Å². The summed E-state index contributed by atoms with van der Waals surface area (Å²) in [6.45, 7) is 3.13. The van der Waals surface area contributed by atoms with Gasteiger partial charge in [-0.05, 0) is 49.8 Å². The SMILES string of the molecule is O=C(c1cccc(F)c1)N1CC[C@@H]2[C@@H]1CCN2CC1CC1. The lowest BCUT2D eigenvalue weighted by Gasteiger charge is -2.25. The lowest BCUT2D eigenvalue weighted by atomic mass is 10.1. The molecule has 3 aliphatic rings. The highest BCUT2D eigenvalue weighted by Crippen LogP contribution is 2.37. The topological polar surface area (TPSA) is 23.6 Å². The van der Waals surface area contributed by atoms with Gasteiger partial charge in [0.1, 0.15) is 5.82 Å². The van der Waals surface area contributed by atoms with Crippen LogP contribution in [-0.4, -0.2) is 47.4 Å². The molecule has 0 N–H and O–H groups in total. The van der Waals surface area contributed by atoms with E-state index in [0.29, 0.717) is 17.6 Å². The molecule has 3 nitrogen and oxygen atoms in total. The van der Waals surface area contributed by atoms with Crippen LogP contribution in [0.25, 0.3) is 0 Å². The van der Waals surface area contributed by atoms with E-state index in [1.807, 2.05) is 4.90 Å². The molecule has 0 radical (unpaired) electrons. The minimum absolute atomic E-state index is 0.00438. The first kappa shape index (κ1) is 13.3. The summed E-state index contributed by atoms with van der Waals surface area (Å²) >= 11 is 0. The Morgan fingerprint density at radius 1 is 1.14 bits per heavy atom. The lowest BCUT2D eigenvalue weighted by molar-refractivity contribution is 0.0731. The Morgan fingerprint density at radius 2 is 1.95 bits per heavy atom. The quantitative estimate of drug-likeness (QED) is 0.853. The Balaban J connectivity index is 1.48. The number of carbonyl (C=O) groups is 1. The summed E-state index contributed by atoms with van der Waals surface area (Å²) in [5.74, 6) is 0.561. The number of halogens is 1. The highest BCUT2D eigenvalue weighted by molar-refractivity contribution is 5.94. The number of hydrogen-bond acceptors (Lipinski definition) is 2. The molecule has 4 heteroatoms. The zero-order valence-corrected chi connectivity index (χ0v) is 12.2. The van der Waals surface area contributed by atoms with Crippen molar-refractivity contribution < 1.29 is 9.18 Å². The van der Waals surface area contributed by atoms with Crippen molar-refractivity contribution in [3.05, 3.63) is 35.6 Å². The third kappa shape index (κ3) is 2.46. The van der Waals surface area contributed by atoms with Gasteiger partial charge in [0, 0.05) is 37.3 Å². The second kappa shape index (κ2) is 5.09. The Kier molecular flexibility index (Phi) is 3.21. The minimum Gasteiger partial charge on any atom is -0.334 e. The average Bonchev–Trinajstić information content (AvgIpc) is 3.06. The molecule has 2 aliphatic heterocycles. The van der Waals surface area contributed by atoms with Gasteiger partial charge in [-0.3, -0.25) is 9.69 Å². The molecule has 112 valence electrons. The van der Waals surface area contributed by atoms with Crippen molar-refractivity contribution in [2.45, 2.75) is 37.8 Å². The van der Waals surface area contributed by atoms with Gasteiger partial charge in [0.05, 0.1) is 0 Å². The number of amides is 1. The van der Waals surface area contributed by atoms with Crippen LogP contribution in [0.5, 0.6) is 0 Å². The van der Waals surface area contributed by atoms with Crippen molar-refractivity contribution >= 4 is 5.91 Å². The molecule has 0 spiro atoms. The first-order valence-electron chi connectivity index (χ1n) is 8.03. The Labute approximate surface area is 124 Å². The number of fused-ring (bicyclic) bond motifs is 1. The molecule has 0 unspecified atom stereocenters. The van der Waals surface area contributed by atoms with E-state index in [2.05, 4.69) is 4.90 Å². The molecule has 0 bridgehead atoms. The van der Waals surface area contributed by atoms with E-state index in [0.717, 1.165) is 31.8 Å². The van der Waals surface area contributed by atoms with E-state index in [-0.39, 0.29) is 11.7 Å². The first-order valence-corrected chi connectivity index (χ1v) is 8.03. The van der Waals surface area contributed by atoms with Gasteiger partial charge >= 0.3 is 0 Å². The van der Waals surface area contributed by atoms with Crippen LogP contribution in [0.4, 0.5) is 4.39 Å². The number of nitrogens with zero attached hydrogens (tertiary/aromatic N) is 2. The van der Waals surface area contributed by atoms with Crippen LogP contribution in [0.15, 0.2) is 24.3 Å². The number of rotatable bonds is 3. The van der Waals surface area contributed by atoms with E-state index in [9.17, 15) is 9.18 Å². The van der Waals surface area contributed by atoms with E-state index < -0.39 is 0 Å². The summed E-state index contributed by atoms with van der Waals surface area (Å²) < 4.78 is 13.3. The van der Waals surface area contributed by atoms with Gasteiger partial charge in [-0.25, -0.2) is 4.39 Å². The van der Waals surface area contributed by atoms with Gasteiger partial charge in [-0.2, -0.15) is 0 Å². The predicted molar refractivity (Wildman–Crippen MR) is 78.5 cm³/mol. The van der Waals surface area contributed by atoms with Crippen molar-refractivity contribution in [3.63, 3.8) is 0 Å². The van der Waals surface area contributed by atoms with Crippen molar-refractivity contribution in [1.29, 1.82) is 0 Å². The fraction of sp³-hybridized carbons (Fsp3) is 0.588. The van der Waals surface area contributed by atoms with Gasteiger partial charge in [-0.15, -0.1) is 0 Å². The summed E-state index contributed by atoms with van der Waals surface area (Å²) in [5, 5.41) is 0. The standard InChI is InChI=1S/C17H21FN2O/c18-14-3-1-2-13(10-14)17(21)20-9-7-15-16(20)6-8-19(15)11-12-4-5-12/h1-3,10,12,15-16H,4-9,11H2/t15-,16+/m1/s1. The molecular formula is C17H21FN2O. The molecule has 1 aromatic rings. The zero-order valence-electron chi connectivity index (χ0n) is 12.2. The maximum Gasteiger partial charge on any atom is 0.254 e. The molecule has 1 amide bonds. The fourth-order valence-electron chi connectivity index (χ4n) is 3.97. The summed E-state index contributed by atoms with van der Waals surface area (Å²) in [6.07, 6.45) is 4.89. The molecule has 1 aliphatic carbocycles. The smallest absolute Gasteiger partial charge is 0.254 e. The van der Waals surface area contributed by atoms with E-state index in [1.165, 1.54) is 31.5 Å². The molecule has 2 saturated heterocycles. The molecule has 2 atom stereocenters. The summed E-state index contributed by atoms with van der Waals surface area (Å²) in [5.41, 5.74) is 0.483. The van der Waals surface area contributed by atoms with Gasteiger partial charge < -0.3 is 4.90 Å². The molecule has 2 heterocycles. The number of likely N-dealkylation sites (tertiary alicyclic amines) is 2. The largest absolute Gasteiger partial charge is 0.334 e. The molecule has 4 rings (SSSR count). The molecule has 1 aromatic carbocycles. The van der Waals surface area contributed by atoms with Crippen LogP contribution in [0, 0.1) is 11.7 Å². The monoisotopic (exact) mass is 288 g/mol. The molecular weight excluding hydrogens is 267 g/mol. The van der Waals surface area contributed by atoms with Crippen molar-refractivity contribution in [2.75, 3.05) is 19.6 Å². The fourth-order valence-corrected chi connectivity index (χ4v) is 3.97. The Bertz CT molecular complexity index is 557. The summed E-state index contributed by atoms with van der Waals surface area (Å²) in [7, 11) is 0. The molecule has 3 fully saturated rings. The van der Waals surface area contributed by atoms with Gasteiger partial charge in [0.25, 0.3) is 5.91 Å². The number of carbonyl (C=O) groups excluding carboxylic acids is 1. The number of benzene rings is 1. The first-order chi connectivity index (χ1) is 10.2. The molecule has 1 saturated carbocycles. The second-order valence-corrected chi connectivity index (χ2v) is 6.66. The van der Waals surface area contributed by atoms with Crippen LogP contribution in [0.1, 0.15) is 36.0 Å². The second-order valence-electron chi connectivity index (χ2n) is 6.66. The van der Waals surface area contributed by atoms with Crippen LogP contribution in [-0.2, 0) is 0 Å². The van der Waals surface area contributed by atoms with Crippen LogP contribution < -0.4 is 0 Å². The number of hydrogen-bond donors (Lipinski definition) is 0. The van der Waals surface area contributed by atoms with Crippen LogP contribution in [0.2, 0.25) is 0 Å².